The maximum Gasteiger partial charge on any atom is 0.418 e. The van der Waals surface area contributed by atoms with Crippen LogP contribution in [0.4, 0.5) is 4.79 Å². The highest BCUT2D eigenvalue weighted by Crippen LogP contribution is 2.09. The standard InChI is InChI=1S/C14H18N2O3/c1-10(2)8-11(17)9-13(15)16-14(18)19-12-6-4-3-5-7-12/h3-7,9-10,17H,8H2,1-2H3,(H2,15,16,18)/b11-9-. The zero-order valence-electron chi connectivity index (χ0n) is 11.0. The van der Waals surface area contributed by atoms with E-state index in [1.807, 2.05) is 13.8 Å². The van der Waals surface area contributed by atoms with E-state index in [1.54, 1.807) is 30.3 Å². The van der Waals surface area contributed by atoms with E-state index < -0.39 is 6.09 Å². The van der Waals surface area contributed by atoms with Gasteiger partial charge in [-0.2, -0.15) is 0 Å². The van der Waals surface area contributed by atoms with Crippen LogP contribution in [0.25, 0.3) is 0 Å². The van der Waals surface area contributed by atoms with Crippen LogP contribution < -0.4 is 10.1 Å². The summed E-state index contributed by atoms with van der Waals surface area (Å²) in [6, 6.07) is 8.55. The fraction of sp³-hybridized carbons (Fsp3) is 0.286. The molecule has 0 aliphatic rings. The molecule has 0 fully saturated rings. The average molecular weight is 262 g/mol. The zero-order chi connectivity index (χ0) is 14.3. The molecule has 0 unspecified atom stereocenters. The second-order valence-electron chi connectivity index (χ2n) is 4.47. The van der Waals surface area contributed by atoms with E-state index in [4.69, 9.17) is 10.1 Å². The first kappa shape index (κ1) is 14.8. The molecule has 0 saturated heterocycles. The van der Waals surface area contributed by atoms with E-state index in [0.29, 0.717) is 12.2 Å². The van der Waals surface area contributed by atoms with E-state index in [2.05, 4.69) is 5.32 Å². The highest BCUT2D eigenvalue weighted by Gasteiger charge is 2.07. The van der Waals surface area contributed by atoms with Gasteiger partial charge in [0.2, 0.25) is 0 Å². The van der Waals surface area contributed by atoms with Crippen LogP contribution in [0.15, 0.2) is 42.2 Å². The maximum absolute atomic E-state index is 11.4. The summed E-state index contributed by atoms with van der Waals surface area (Å²) in [6.45, 7) is 3.90. The smallest absolute Gasteiger partial charge is 0.418 e. The summed E-state index contributed by atoms with van der Waals surface area (Å²) in [5.41, 5.74) is 0. The number of hydrogen-bond donors (Lipinski definition) is 3. The summed E-state index contributed by atoms with van der Waals surface area (Å²) in [5, 5.41) is 19.3. The SMILES string of the molecule is CC(C)C/C(O)=C/C(=N)NC(=O)Oc1ccccc1. The molecule has 0 radical (unpaired) electrons. The van der Waals surface area contributed by atoms with Gasteiger partial charge in [-0.05, 0) is 18.1 Å². The van der Waals surface area contributed by atoms with Crippen LogP contribution in [0.3, 0.4) is 0 Å². The Bertz CT molecular complexity index is 467. The molecule has 1 aromatic carbocycles. The summed E-state index contributed by atoms with van der Waals surface area (Å²) in [6.07, 6.45) is 0.897. The summed E-state index contributed by atoms with van der Waals surface area (Å²) in [7, 11) is 0. The monoisotopic (exact) mass is 262 g/mol. The Hall–Kier alpha value is -2.30. The Morgan fingerprint density at radius 2 is 2.05 bits per heavy atom. The Kier molecular flexibility index (Phi) is 5.60. The minimum atomic E-state index is -0.759. The average Bonchev–Trinajstić information content (AvgIpc) is 2.28. The summed E-state index contributed by atoms with van der Waals surface area (Å²) in [4.78, 5) is 11.4. The number of hydrogen-bond acceptors (Lipinski definition) is 4. The Labute approximate surface area is 112 Å². The van der Waals surface area contributed by atoms with Crippen molar-refractivity contribution in [2.45, 2.75) is 20.3 Å². The fourth-order valence-corrected chi connectivity index (χ4v) is 1.41. The van der Waals surface area contributed by atoms with Crippen molar-refractivity contribution >= 4 is 11.9 Å². The van der Waals surface area contributed by atoms with Crippen LogP contribution in [0.1, 0.15) is 20.3 Å². The third kappa shape index (κ3) is 6.26. The molecule has 0 heterocycles. The van der Waals surface area contributed by atoms with E-state index in [1.165, 1.54) is 6.08 Å². The lowest BCUT2D eigenvalue weighted by Crippen LogP contribution is -2.31. The summed E-state index contributed by atoms with van der Waals surface area (Å²) in [5.74, 6) is 0.516. The summed E-state index contributed by atoms with van der Waals surface area (Å²) < 4.78 is 4.95. The lowest BCUT2D eigenvalue weighted by atomic mass is 10.1. The van der Waals surface area contributed by atoms with Gasteiger partial charge in [-0.1, -0.05) is 32.0 Å². The first-order chi connectivity index (χ1) is 8.97. The van der Waals surface area contributed by atoms with Crippen LogP contribution in [-0.2, 0) is 0 Å². The second kappa shape index (κ2) is 7.20. The Balaban J connectivity index is 2.46. The van der Waals surface area contributed by atoms with Crippen molar-refractivity contribution in [2.75, 3.05) is 0 Å². The van der Waals surface area contributed by atoms with Crippen LogP contribution in [0.5, 0.6) is 5.75 Å². The van der Waals surface area contributed by atoms with Crippen molar-refractivity contribution < 1.29 is 14.6 Å². The number of para-hydroxylation sites is 1. The number of nitrogens with one attached hydrogen (secondary N) is 2. The number of carbonyl (C=O) groups is 1. The topological polar surface area (TPSA) is 82.4 Å². The summed E-state index contributed by atoms with van der Waals surface area (Å²) >= 11 is 0. The van der Waals surface area contributed by atoms with Crippen molar-refractivity contribution in [1.29, 1.82) is 5.41 Å². The van der Waals surface area contributed by atoms with Gasteiger partial charge < -0.3 is 9.84 Å². The van der Waals surface area contributed by atoms with Gasteiger partial charge >= 0.3 is 6.09 Å². The molecule has 0 spiro atoms. The second-order valence-corrected chi connectivity index (χ2v) is 4.47. The van der Waals surface area contributed by atoms with E-state index in [0.717, 1.165) is 0 Å². The number of allylic oxidation sites excluding steroid dienone is 1. The minimum Gasteiger partial charge on any atom is -0.512 e. The molecule has 0 aliphatic heterocycles. The van der Waals surface area contributed by atoms with E-state index in [-0.39, 0.29) is 17.5 Å². The van der Waals surface area contributed by atoms with Crippen LogP contribution in [0.2, 0.25) is 0 Å². The molecule has 0 atom stereocenters. The Morgan fingerprint density at radius 1 is 1.42 bits per heavy atom. The van der Waals surface area contributed by atoms with Gasteiger partial charge in [0.1, 0.15) is 11.6 Å². The zero-order valence-corrected chi connectivity index (χ0v) is 11.0. The third-order valence-corrected chi connectivity index (χ3v) is 2.12. The van der Waals surface area contributed by atoms with Gasteiger partial charge in [0, 0.05) is 12.5 Å². The van der Waals surface area contributed by atoms with Crippen molar-refractivity contribution in [1.82, 2.24) is 5.32 Å². The molecule has 0 aromatic heterocycles. The molecular formula is C14H18N2O3. The van der Waals surface area contributed by atoms with Gasteiger partial charge in [-0.15, -0.1) is 0 Å². The molecular weight excluding hydrogens is 244 g/mol. The number of rotatable bonds is 4. The van der Waals surface area contributed by atoms with Crippen LogP contribution in [-0.4, -0.2) is 17.0 Å². The first-order valence-corrected chi connectivity index (χ1v) is 5.99. The van der Waals surface area contributed by atoms with Crippen LogP contribution >= 0.6 is 0 Å². The quantitative estimate of drug-likeness (QED) is 0.442. The van der Waals surface area contributed by atoms with Gasteiger partial charge in [0.25, 0.3) is 0 Å². The molecule has 102 valence electrons. The molecule has 19 heavy (non-hydrogen) atoms. The molecule has 0 bridgehead atoms. The molecule has 0 aliphatic carbocycles. The highest BCUT2D eigenvalue weighted by atomic mass is 16.6. The Morgan fingerprint density at radius 3 is 2.63 bits per heavy atom. The number of aliphatic hydroxyl groups excluding tert-OH is 1. The number of ether oxygens (including phenoxy) is 1. The minimum absolute atomic E-state index is 0.0556. The molecule has 5 heteroatoms. The molecule has 5 nitrogen and oxygen atoms in total. The predicted octanol–water partition coefficient (Wildman–Crippen LogP) is 3.24. The lowest BCUT2D eigenvalue weighted by molar-refractivity contribution is 0.206. The van der Waals surface area contributed by atoms with Crippen molar-refractivity contribution in [2.24, 2.45) is 5.92 Å². The van der Waals surface area contributed by atoms with Crippen molar-refractivity contribution in [3.63, 3.8) is 0 Å². The third-order valence-electron chi connectivity index (χ3n) is 2.12. The normalized spacial score (nSPS) is 11.2. The molecule has 1 rings (SSSR count). The first-order valence-electron chi connectivity index (χ1n) is 5.99. The van der Waals surface area contributed by atoms with Crippen molar-refractivity contribution in [3.8, 4) is 5.75 Å². The van der Waals surface area contributed by atoms with Crippen molar-refractivity contribution in [3.05, 3.63) is 42.2 Å². The molecule has 3 N–H and O–H groups in total. The van der Waals surface area contributed by atoms with Gasteiger partial charge in [0.15, 0.2) is 0 Å². The lowest BCUT2D eigenvalue weighted by Gasteiger charge is -2.06. The number of benzene rings is 1. The van der Waals surface area contributed by atoms with Gasteiger partial charge in [-0.3, -0.25) is 10.7 Å². The van der Waals surface area contributed by atoms with Crippen LogP contribution in [0, 0.1) is 11.3 Å². The maximum atomic E-state index is 11.4. The number of carbonyl (C=O) groups excluding carboxylic acids is 1. The van der Waals surface area contributed by atoms with Gasteiger partial charge in [-0.25, -0.2) is 4.79 Å². The highest BCUT2D eigenvalue weighted by molar-refractivity contribution is 6.00. The predicted molar refractivity (Wildman–Crippen MR) is 73.5 cm³/mol. The van der Waals surface area contributed by atoms with Gasteiger partial charge in [0.05, 0.1) is 5.76 Å². The number of aliphatic hydroxyl groups is 1. The van der Waals surface area contributed by atoms with E-state index in [9.17, 15) is 9.90 Å². The largest absolute Gasteiger partial charge is 0.512 e. The molecule has 1 aromatic rings. The van der Waals surface area contributed by atoms with E-state index >= 15 is 0 Å². The molecule has 0 saturated carbocycles. The number of amides is 1. The number of amidine groups is 1. The molecule has 1 amide bonds. The fourth-order valence-electron chi connectivity index (χ4n) is 1.41.